The van der Waals surface area contributed by atoms with Gasteiger partial charge in [0, 0.05) is 18.1 Å². The summed E-state index contributed by atoms with van der Waals surface area (Å²) in [7, 11) is -3.77. The molecule has 0 aliphatic carbocycles. The lowest BCUT2D eigenvalue weighted by molar-refractivity contribution is -0.124. The highest BCUT2D eigenvalue weighted by Gasteiger charge is 2.39. The SMILES string of the molecule is O=C(NCc1ccc(F)cc1)[C@H]1CCCN1S(=O)(=O)c1ccc(Cl)cc1. The standard InChI is InChI=1S/C18H18ClFN2O3S/c19-14-5-9-16(10-6-14)26(24,25)22-11-1-2-17(22)18(23)21-12-13-3-7-15(20)8-4-13/h3-10,17H,1-2,11-12H2,(H,21,23)/t17-/m1/s1. The predicted molar refractivity (Wildman–Crippen MR) is 96.6 cm³/mol. The van der Waals surface area contributed by atoms with Crippen LogP contribution in [0.1, 0.15) is 18.4 Å². The van der Waals surface area contributed by atoms with Gasteiger partial charge in [-0.15, -0.1) is 0 Å². The second-order valence-electron chi connectivity index (χ2n) is 6.07. The van der Waals surface area contributed by atoms with E-state index in [9.17, 15) is 17.6 Å². The van der Waals surface area contributed by atoms with Gasteiger partial charge >= 0.3 is 0 Å². The van der Waals surface area contributed by atoms with Crippen molar-refractivity contribution < 1.29 is 17.6 Å². The van der Waals surface area contributed by atoms with E-state index in [1.165, 1.54) is 40.7 Å². The molecule has 2 aromatic rings. The zero-order valence-electron chi connectivity index (χ0n) is 13.9. The van der Waals surface area contributed by atoms with Crippen molar-refractivity contribution in [3.63, 3.8) is 0 Å². The van der Waals surface area contributed by atoms with Gasteiger partial charge in [0.15, 0.2) is 0 Å². The molecule has 0 radical (unpaired) electrons. The Balaban J connectivity index is 1.71. The predicted octanol–water partition coefficient (Wildman–Crippen LogP) is 2.95. The van der Waals surface area contributed by atoms with Gasteiger partial charge in [0.2, 0.25) is 15.9 Å². The Labute approximate surface area is 156 Å². The van der Waals surface area contributed by atoms with Crippen LogP contribution in [0.3, 0.4) is 0 Å². The highest BCUT2D eigenvalue weighted by Crippen LogP contribution is 2.27. The van der Waals surface area contributed by atoms with Gasteiger partial charge in [0.05, 0.1) is 4.90 Å². The van der Waals surface area contributed by atoms with Crippen LogP contribution in [0.4, 0.5) is 4.39 Å². The molecule has 0 spiro atoms. The monoisotopic (exact) mass is 396 g/mol. The van der Waals surface area contributed by atoms with Crippen molar-refractivity contribution in [2.45, 2.75) is 30.3 Å². The Kier molecular flexibility index (Phi) is 5.60. The van der Waals surface area contributed by atoms with Gasteiger partial charge in [-0.3, -0.25) is 4.79 Å². The Morgan fingerprint density at radius 1 is 1.15 bits per heavy atom. The Morgan fingerprint density at radius 3 is 2.46 bits per heavy atom. The van der Waals surface area contributed by atoms with Crippen molar-refractivity contribution in [1.82, 2.24) is 9.62 Å². The number of rotatable bonds is 5. The van der Waals surface area contributed by atoms with Crippen LogP contribution in [-0.4, -0.2) is 31.2 Å². The first-order valence-corrected chi connectivity index (χ1v) is 9.99. The summed E-state index contributed by atoms with van der Waals surface area (Å²) in [6, 6.07) is 10.9. The summed E-state index contributed by atoms with van der Waals surface area (Å²) in [5.74, 6) is -0.708. The molecule has 1 aliphatic heterocycles. The van der Waals surface area contributed by atoms with E-state index < -0.39 is 16.1 Å². The van der Waals surface area contributed by atoms with Crippen LogP contribution in [0.2, 0.25) is 5.02 Å². The lowest BCUT2D eigenvalue weighted by atomic mass is 10.2. The minimum atomic E-state index is -3.77. The van der Waals surface area contributed by atoms with E-state index in [1.807, 2.05) is 0 Å². The topological polar surface area (TPSA) is 66.5 Å². The van der Waals surface area contributed by atoms with Gasteiger partial charge in [0.25, 0.3) is 0 Å². The second-order valence-corrected chi connectivity index (χ2v) is 8.40. The first-order chi connectivity index (χ1) is 12.4. The third-order valence-corrected chi connectivity index (χ3v) is 6.48. The third kappa shape index (κ3) is 4.06. The lowest BCUT2D eigenvalue weighted by Crippen LogP contribution is -2.45. The molecule has 0 saturated carbocycles. The maximum atomic E-state index is 12.9. The molecule has 2 aromatic carbocycles. The summed E-state index contributed by atoms with van der Waals surface area (Å²) >= 11 is 5.81. The van der Waals surface area contributed by atoms with Crippen LogP contribution < -0.4 is 5.32 Å². The molecule has 26 heavy (non-hydrogen) atoms. The van der Waals surface area contributed by atoms with Crippen LogP contribution in [0.15, 0.2) is 53.4 Å². The van der Waals surface area contributed by atoms with Crippen molar-refractivity contribution >= 4 is 27.5 Å². The molecule has 0 bridgehead atoms. The average Bonchev–Trinajstić information content (AvgIpc) is 3.12. The Morgan fingerprint density at radius 2 is 1.81 bits per heavy atom. The molecular weight excluding hydrogens is 379 g/mol. The van der Waals surface area contributed by atoms with E-state index in [0.29, 0.717) is 24.4 Å². The summed E-state index contributed by atoms with van der Waals surface area (Å²) in [5.41, 5.74) is 0.741. The lowest BCUT2D eigenvalue weighted by Gasteiger charge is -2.23. The number of halogens is 2. The van der Waals surface area contributed by atoms with E-state index in [0.717, 1.165) is 5.56 Å². The van der Waals surface area contributed by atoms with Crippen LogP contribution >= 0.6 is 11.6 Å². The summed E-state index contributed by atoms with van der Waals surface area (Å²) < 4.78 is 39.8. The molecule has 138 valence electrons. The second kappa shape index (κ2) is 7.73. The first kappa shape index (κ1) is 18.8. The number of sulfonamides is 1. The normalized spacial score (nSPS) is 18.0. The van der Waals surface area contributed by atoms with Gasteiger partial charge in [-0.2, -0.15) is 4.31 Å². The van der Waals surface area contributed by atoms with E-state index in [4.69, 9.17) is 11.6 Å². The summed E-state index contributed by atoms with van der Waals surface area (Å²) in [4.78, 5) is 12.6. The molecule has 0 aromatic heterocycles. The first-order valence-electron chi connectivity index (χ1n) is 8.17. The Hall–Kier alpha value is -1.96. The van der Waals surface area contributed by atoms with Crippen LogP contribution in [0.5, 0.6) is 0 Å². The fourth-order valence-corrected chi connectivity index (χ4v) is 4.72. The molecule has 1 fully saturated rings. The smallest absolute Gasteiger partial charge is 0.243 e. The molecule has 1 atom stereocenters. The third-order valence-electron chi connectivity index (χ3n) is 4.31. The van der Waals surface area contributed by atoms with Crippen LogP contribution in [-0.2, 0) is 21.4 Å². The quantitative estimate of drug-likeness (QED) is 0.845. The van der Waals surface area contributed by atoms with E-state index in [-0.39, 0.29) is 23.2 Å². The van der Waals surface area contributed by atoms with E-state index in [2.05, 4.69) is 5.32 Å². The van der Waals surface area contributed by atoms with Gasteiger partial charge < -0.3 is 5.32 Å². The number of carbonyl (C=O) groups excluding carboxylic acids is 1. The fraction of sp³-hybridized carbons (Fsp3) is 0.278. The maximum absolute atomic E-state index is 12.9. The maximum Gasteiger partial charge on any atom is 0.243 e. The van der Waals surface area contributed by atoms with Crippen molar-refractivity contribution in [3.8, 4) is 0 Å². The zero-order chi connectivity index (χ0) is 18.7. The van der Waals surface area contributed by atoms with Crippen molar-refractivity contribution in [1.29, 1.82) is 0 Å². The molecule has 0 unspecified atom stereocenters. The molecule has 1 heterocycles. The minimum Gasteiger partial charge on any atom is -0.351 e. The molecule has 3 rings (SSSR count). The van der Waals surface area contributed by atoms with Crippen molar-refractivity contribution in [2.24, 2.45) is 0 Å². The molecule has 8 heteroatoms. The zero-order valence-corrected chi connectivity index (χ0v) is 15.4. The van der Waals surface area contributed by atoms with Crippen molar-refractivity contribution in [3.05, 3.63) is 64.9 Å². The number of amides is 1. The molecule has 1 N–H and O–H groups in total. The molecule has 1 aliphatic rings. The van der Waals surface area contributed by atoms with Crippen LogP contribution in [0.25, 0.3) is 0 Å². The fourth-order valence-electron chi connectivity index (χ4n) is 2.94. The number of hydrogen-bond donors (Lipinski definition) is 1. The highest BCUT2D eigenvalue weighted by molar-refractivity contribution is 7.89. The number of nitrogens with zero attached hydrogens (tertiary/aromatic N) is 1. The number of nitrogens with one attached hydrogen (secondary N) is 1. The van der Waals surface area contributed by atoms with E-state index in [1.54, 1.807) is 12.1 Å². The summed E-state index contributed by atoms with van der Waals surface area (Å²) in [5, 5.41) is 3.18. The highest BCUT2D eigenvalue weighted by atomic mass is 35.5. The summed E-state index contributed by atoms with van der Waals surface area (Å²) in [6.45, 7) is 0.504. The minimum absolute atomic E-state index is 0.111. The number of hydrogen-bond acceptors (Lipinski definition) is 3. The Bertz CT molecular complexity index is 886. The average molecular weight is 397 g/mol. The van der Waals surface area contributed by atoms with Gasteiger partial charge in [-0.05, 0) is 54.8 Å². The summed E-state index contributed by atoms with van der Waals surface area (Å²) in [6.07, 6.45) is 1.07. The number of benzene rings is 2. The van der Waals surface area contributed by atoms with E-state index >= 15 is 0 Å². The van der Waals surface area contributed by atoms with Gasteiger partial charge in [-0.1, -0.05) is 23.7 Å². The number of carbonyl (C=O) groups is 1. The largest absolute Gasteiger partial charge is 0.351 e. The molecule has 1 amide bonds. The van der Waals surface area contributed by atoms with Gasteiger partial charge in [0.1, 0.15) is 11.9 Å². The van der Waals surface area contributed by atoms with Crippen molar-refractivity contribution in [2.75, 3.05) is 6.54 Å². The molecular formula is C18H18ClFN2O3S. The van der Waals surface area contributed by atoms with Gasteiger partial charge in [-0.25, -0.2) is 12.8 Å². The molecule has 5 nitrogen and oxygen atoms in total. The molecule has 1 saturated heterocycles. The van der Waals surface area contributed by atoms with Crippen LogP contribution in [0, 0.1) is 5.82 Å².